The lowest BCUT2D eigenvalue weighted by Gasteiger charge is -2.09. The van der Waals surface area contributed by atoms with Gasteiger partial charge < -0.3 is 10.7 Å². The predicted octanol–water partition coefficient (Wildman–Crippen LogP) is 3.05. The molecule has 19 heavy (non-hydrogen) atoms. The van der Waals surface area contributed by atoms with Crippen molar-refractivity contribution in [3.8, 4) is 0 Å². The maximum atomic E-state index is 11.9. The van der Waals surface area contributed by atoms with Crippen LogP contribution in [-0.4, -0.2) is 17.3 Å². The number of rotatable bonds is 3. The lowest BCUT2D eigenvalue weighted by Crippen LogP contribution is -2.09. The van der Waals surface area contributed by atoms with Gasteiger partial charge in [-0.2, -0.15) is 0 Å². The predicted molar refractivity (Wildman–Crippen MR) is 78.3 cm³/mol. The molecule has 3 nitrogen and oxygen atoms in total. The van der Waals surface area contributed by atoms with E-state index >= 15 is 0 Å². The molecule has 0 unspecified atom stereocenters. The molecular weight excluding hydrogens is 236 g/mol. The van der Waals surface area contributed by atoms with Gasteiger partial charge in [0.2, 0.25) is 0 Å². The summed E-state index contributed by atoms with van der Waals surface area (Å²) in [7, 11) is 0. The Bertz CT molecular complexity index is 652. The van der Waals surface area contributed by atoms with Crippen LogP contribution >= 0.6 is 0 Å². The number of H-pyrrole nitrogens is 1. The minimum Gasteiger partial charge on any atom is -0.352 e. The Balaban J connectivity index is 2.05. The molecule has 0 spiro atoms. The highest BCUT2D eigenvalue weighted by atomic mass is 16.1. The van der Waals surface area contributed by atoms with Crippen LogP contribution < -0.4 is 5.73 Å². The van der Waals surface area contributed by atoms with Gasteiger partial charge in [-0.15, -0.1) is 0 Å². The maximum Gasteiger partial charge on any atom is 0.179 e. The number of aryl methyl sites for hydroxylation is 1. The minimum atomic E-state index is 0.248. The summed E-state index contributed by atoms with van der Waals surface area (Å²) in [5.41, 5.74) is 9.73. The van der Waals surface area contributed by atoms with Crippen LogP contribution in [0, 0.1) is 0 Å². The van der Waals surface area contributed by atoms with E-state index in [4.69, 9.17) is 5.73 Å². The molecule has 0 atom stereocenters. The first-order valence-corrected chi connectivity index (χ1v) is 6.84. The zero-order valence-corrected chi connectivity index (χ0v) is 10.9. The number of fused-ring (bicyclic) bond motifs is 3. The summed E-state index contributed by atoms with van der Waals surface area (Å²) in [5.74, 6) is 0.248. The molecule has 1 heterocycles. The first-order chi connectivity index (χ1) is 9.29. The number of ketones is 1. The summed E-state index contributed by atoms with van der Waals surface area (Å²) < 4.78 is 0. The zero-order chi connectivity index (χ0) is 13.2. The number of hydrogen-bond donors (Lipinski definition) is 2. The molecule has 1 aromatic carbocycles. The highest BCUT2D eigenvalue weighted by molar-refractivity contribution is 6.03. The average Bonchev–Trinajstić information content (AvgIpc) is 2.79. The van der Waals surface area contributed by atoms with Crippen LogP contribution in [0.25, 0.3) is 17.0 Å². The van der Waals surface area contributed by atoms with Gasteiger partial charge in [0.05, 0.1) is 5.69 Å². The van der Waals surface area contributed by atoms with Crippen LogP contribution in [0.1, 0.15) is 40.9 Å². The fraction of sp³-hybridized carbons (Fsp3) is 0.312. The van der Waals surface area contributed by atoms with Crippen LogP contribution in [0.3, 0.4) is 0 Å². The molecule has 0 bridgehead atoms. The van der Waals surface area contributed by atoms with Gasteiger partial charge >= 0.3 is 0 Å². The van der Waals surface area contributed by atoms with Crippen molar-refractivity contribution >= 4 is 22.8 Å². The molecule has 2 aromatic rings. The lowest BCUT2D eigenvalue weighted by atomic mass is 9.94. The Morgan fingerprint density at radius 3 is 3.05 bits per heavy atom. The van der Waals surface area contributed by atoms with E-state index in [2.05, 4.69) is 35.3 Å². The van der Waals surface area contributed by atoms with Crippen molar-refractivity contribution < 1.29 is 4.79 Å². The van der Waals surface area contributed by atoms with E-state index in [0.717, 1.165) is 30.5 Å². The average molecular weight is 254 g/mol. The molecule has 3 heteroatoms. The molecule has 3 rings (SSSR count). The van der Waals surface area contributed by atoms with Crippen molar-refractivity contribution in [1.82, 2.24) is 4.98 Å². The third kappa shape index (κ3) is 2.22. The molecule has 1 aliphatic carbocycles. The third-order valence-electron chi connectivity index (χ3n) is 3.68. The Kier molecular flexibility index (Phi) is 3.22. The van der Waals surface area contributed by atoms with Gasteiger partial charge in [0.15, 0.2) is 5.78 Å². The van der Waals surface area contributed by atoms with Gasteiger partial charge in [-0.3, -0.25) is 4.79 Å². The topological polar surface area (TPSA) is 58.9 Å². The number of benzene rings is 1. The molecule has 0 aliphatic heterocycles. The number of aromatic nitrogens is 1. The van der Waals surface area contributed by atoms with Crippen molar-refractivity contribution in [2.45, 2.75) is 25.7 Å². The molecule has 3 N–H and O–H groups in total. The molecule has 0 amide bonds. The molecule has 0 saturated carbocycles. The normalized spacial score (nSPS) is 15.3. The smallest absolute Gasteiger partial charge is 0.179 e. The van der Waals surface area contributed by atoms with E-state index in [1.165, 1.54) is 16.5 Å². The van der Waals surface area contributed by atoms with Gasteiger partial charge in [-0.25, -0.2) is 0 Å². The molecule has 0 fully saturated rings. The standard InChI is InChI=1S/C16H18N2O/c17-9-2-1-4-11-7-8-14-13(10-11)12-5-3-6-15(19)16(12)18-14/h1,4,7-8,10,18H,2-3,5-6,9,17H2. The summed E-state index contributed by atoms with van der Waals surface area (Å²) >= 11 is 0. The van der Waals surface area contributed by atoms with E-state index in [1.54, 1.807) is 0 Å². The summed E-state index contributed by atoms with van der Waals surface area (Å²) in [4.78, 5) is 15.2. The highest BCUT2D eigenvalue weighted by Gasteiger charge is 2.21. The van der Waals surface area contributed by atoms with Crippen molar-refractivity contribution in [1.29, 1.82) is 0 Å². The maximum absolute atomic E-state index is 11.9. The first kappa shape index (κ1) is 12.2. The lowest BCUT2D eigenvalue weighted by molar-refractivity contribution is 0.0968. The van der Waals surface area contributed by atoms with E-state index in [0.29, 0.717) is 13.0 Å². The number of hydrogen-bond acceptors (Lipinski definition) is 2. The number of carbonyl (C=O) groups is 1. The fourth-order valence-corrected chi connectivity index (χ4v) is 2.73. The van der Waals surface area contributed by atoms with Crippen LogP contribution in [-0.2, 0) is 6.42 Å². The second-order valence-corrected chi connectivity index (χ2v) is 5.04. The van der Waals surface area contributed by atoms with Crippen LogP contribution in [0.5, 0.6) is 0 Å². The Morgan fingerprint density at radius 1 is 1.32 bits per heavy atom. The molecule has 0 saturated heterocycles. The van der Waals surface area contributed by atoms with Crippen molar-refractivity contribution in [3.05, 3.63) is 41.1 Å². The first-order valence-electron chi connectivity index (χ1n) is 6.84. The minimum absolute atomic E-state index is 0.248. The Labute approximate surface area is 112 Å². The van der Waals surface area contributed by atoms with Crippen molar-refractivity contribution in [2.75, 3.05) is 6.54 Å². The summed E-state index contributed by atoms with van der Waals surface area (Å²) in [6, 6.07) is 6.29. The van der Waals surface area contributed by atoms with Gasteiger partial charge in [0.25, 0.3) is 0 Å². The Hall–Kier alpha value is -1.87. The third-order valence-corrected chi connectivity index (χ3v) is 3.68. The van der Waals surface area contributed by atoms with Gasteiger partial charge in [-0.1, -0.05) is 18.2 Å². The Morgan fingerprint density at radius 2 is 2.21 bits per heavy atom. The zero-order valence-electron chi connectivity index (χ0n) is 10.9. The number of carbonyl (C=O) groups excluding carboxylic acids is 1. The van der Waals surface area contributed by atoms with E-state index in [-0.39, 0.29) is 5.78 Å². The highest BCUT2D eigenvalue weighted by Crippen LogP contribution is 2.29. The van der Waals surface area contributed by atoms with Gasteiger partial charge in [0.1, 0.15) is 0 Å². The largest absolute Gasteiger partial charge is 0.352 e. The molecule has 1 aromatic heterocycles. The number of aromatic amines is 1. The van der Waals surface area contributed by atoms with Crippen molar-refractivity contribution in [3.63, 3.8) is 0 Å². The summed E-state index contributed by atoms with van der Waals surface area (Å²) in [5, 5.41) is 1.19. The van der Waals surface area contributed by atoms with E-state index in [1.807, 2.05) is 0 Å². The summed E-state index contributed by atoms with van der Waals surface area (Å²) in [6.45, 7) is 0.673. The SMILES string of the molecule is NCCC=Cc1ccc2[nH]c3c(c2c1)CCCC3=O. The quantitative estimate of drug-likeness (QED) is 0.884. The number of nitrogens with two attached hydrogens (primary N) is 1. The number of nitrogens with one attached hydrogen (secondary N) is 1. The van der Waals surface area contributed by atoms with Crippen LogP contribution in [0.2, 0.25) is 0 Å². The van der Waals surface area contributed by atoms with Crippen LogP contribution in [0.4, 0.5) is 0 Å². The summed E-state index contributed by atoms with van der Waals surface area (Å²) in [6.07, 6.45) is 7.70. The van der Waals surface area contributed by atoms with Gasteiger partial charge in [0, 0.05) is 17.3 Å². The molecule has 0 radical (unpaired) electrons. The molecule has 1 aliphatic rings. The van der Waals surface area contributed by atoms with E-state index in [9.17, 15) is 4.79 Å². The second-order valence-electron chi connectivity index (χ2n) is 5.04. The second kappa shape index (κ2) is 5.02. The van der Waals surface area contributed by atoms with Gasteiger partial charge in [-0.05, 0) is 49.1 Å². The number of Topliss-reactive ketones (excluding diaryl/α,β-unsaturated/α-hetero) is 1. The van der Waals surface area contributed by atoms with E-state index < -0.39 is 0 Å². The molecular formula is C16H18N2O. The molecule has 98 valence electrons. The van der Waals surface area contributed by atoms with Crippen molar-refractivity contribution in [2.24, 2.45) is 5.73 Å². The fourth-order valence-electron chi connectivity index (χ4n) is 2.73. The van der Waals surface area contributed by atoms with Crippen LogP contribution in [0.15, 0.2) is 24.3 Å². The monoisotopic (exact) mass is 254 g/mol.